The van der Waals surface area contributed by atoms with Crippen molar-refractivity contribution in [3.63, 3.8) is 0 Å². The number of aromatic nitrogens is 6. The first-order valence-electron chi connectivity index (χ1n) is 7.79. The third kappa shape index (κ3) is 2.71. The van der Waals surface area contributed by atoms with Crippen LogP contribution < -0.4 is 0 Å². The van der Waals surface area contributed by atoms with Crippen molar-refractivity contribution in [3.8, 4) is 5.69 Å². The average Bonchev–Trinajstić information content (AvgIpc) is 3.13. The number of para-hydroxylation sites is 1. The van der Waals surface area contributed by atoms with Crippen LogP contribution in [0, 0.1) is 27.7 Å². The van der Waals surface area contributed by atoms with Crippen molar-refractivity contribution in [1.29, 1.82) is 0 Å². The Morgan fingerprint density at radius 1 is 1.04 bits per heavy atom. The lowest BCUT2D eigenvalue weighted by atomic mass is 10.1. The van der Waals surface area contributed by atoms with E-state index in [9.17, 15) is 0 Å². The van der Waals surface area contributed by atoms with E-state index in [-0.39, 0.29) is 0 Å². The van der Waals surface area contributed by atoms with Crippen LogP contribution in [0.4, 0.5) is 0 Å². The molecule has 0 unspecified atom stereocenters. The maximum atomic E-state index is 4.49. The van der Waals surface area contributed by atoms with Crippen LogP contribution in [0.1, 0.15) is 21.6 Å². The van der Waals surface area contributed by atoms with Crippen LogP contribution in [0.5, 0.6) is 0 Å². The standard InChI is InChI=1S/C17H16N6S2/c1-9-6-5-7-10(2)14(9)23-17(20-21-22-23)25-16-13-11(3)12(4)24-15(13)18-8-19-16/h5-8H,1-4H3. The van der Waals surface area contributed by atoms with Crippen LogP contribution in [0.3, 0.4) is 0 Å². The molecule has 4 rings (SSSR count). The summed E-state index contributed by atoms with van der Waals surface area (Å²) in [6.07, 6.45) is 1.60. The van der Waals surface area contributed by atoms with Gasteiger partial charge in [-0.05, 0) is 66.6 Å². The first-order chi connectivity index (χ1) is 12.1. The van der Waals surface area contributed by atoms with E-state index in [1.165, 1.54) is 22.2 Å². The van der Waals surface area contributed by atoms with Gasteiger partial charge in [0.2, 0.25) is 5.16 Å². The quantitative estimate of drug-likeness (QED) is 0.508. The summed E-state index contributed by atoms with van der Waals surface area (Å²) in [5.41, 5.74) is 4.49. The average molecular weight is 368 g/mol. The summed E-state index contributed by atoms with van der Waals surface area (Å²) in [6, 6.07) is 6.16. The Hall–Kier alpha value is -2.32. The van der Waals surface area contributed by atoms with Crippen molar-refractivity contribution in [3.05, 3.63) is 46.1 Å². The first kappa shape index (κ1) is 16.2. The maximum absolute atomic E-state index is 4.49. The number of aryl methyl sites for hydroxylation is 4. The number of hydrogen-bond acceptors (Lipinski definition) is 7. The predicted molar refractivity (Wildman–Crippen MR) is 99.6 cm³/mol. The van der Waals surface area contributed by atoms with Crippen molar-refractivity contribution in [2.45, 2.75) is 37.9 Å². The van der Waals surface area contributed by atoms with Gasteiger partial charge >= 0.3 is 0 Å². The summed E-state index contributed by atoms with van der Waals surface area (Å²) in [6.45, 7) is 8.34. The molecule has 0 radical (unpaired) electrons. The molecule has 0 bridgehead atoms. The third-order valence-electron chi connectivity index (χ3n) is 4.21. The number of hydrogen-bond donors (Lipinski definition) is 0. The molecule has 6 nitrogen and oxygen atoms in total. The zero-order valence-electron chi connectivity index (χ0n) is 14.3. The zero-order chi connectivity index (χ0) is 17.6. The van der Waals surface area contributed by atoms with E-state index in [0.717, 1.165) is 32.1 Å². The van der Waals surface area contributed by atoms with Crippen LogP contribution >= 0.6 is 23.1 Å². The topological polar surface area (TPSA) is 69.4 Å². The molecule has 0 N–H and O–H groups in total. The van der Waals surface area contributed by atoms with Crippen molar-refractivity contribution in [2.75, 3.05) is 0 Å². The molecule has 0 spiro atoms. The second kappa shape index (κ2) is 6.20. The molecule has 0 fully saturated rings. The van der Waals surface area contributed by atoms with Gasteiger partial charge in [-0.2, -0.15) is 4.68 Å². The first-order valence-corrected chi connectivity index (χ1v) is 9.43. The SMILES string of the molecule is Cc1cccc(C)c1-n1nnnc1Sc1ncnc2sc(C)c(C)c12. The van der Waals surface area contributed by atoms with Crippen molar-refractivity contribution < 1.29 is 0 Å². The Morgan fingerprint density at radius 3 is 2.56 bits per heavy atom. The highest BCUT2D eigenvalue weighted by Gasteiger charge is 2.18. The lowest BCUT2D eigenvalue weighted by Crippen LogP contribution is -2.04. The van der Waals surface area contributed by atoms with Crippen LogP contribution in [0.2, 0.25) is 0 Å². The van der Waals surface area contributed by atoms with Gasteiger partial charge in [0, 0.05) is 10.3 Å². The van der Waals surface area contributed by atoms with E-state index >= 15 is 0 Å². The number of thiophene rings is 1. The van der Waals surface area contributed by atoms with Crippen LogP contribution in [0.15, 0.2) is 34.7 Å². The van der Waals surface area contributed by atoms with Gasteiger partial charge in [0.05, 0.1) is 5.69 Å². The van der Waals surface area contributed by atoms with E-state index < -0.39 is 0 Å². The Morgan fingerprint density at radius 2 is 1.80 bits per heavy atom. The Bertz CT molecular complexity index is 1060. The molecule has 8 heteroatoms. The van der Waals surface area contributed by atoms with Crippen molar-refractivity contribution >= 4 is 33.3 Å². The van der Waals surface area contributed by atoms with Crippen LogP contribution in [-0.2, 0) is 0 Å². The molecule has 1 aromatic carbocycles. The highest BCUT2D eigenvalue weighted by molar-refractivity contribution is 7.99. The largest absolute Gasteiger partial charge is 0.229 e. The molecule has 0 saturated heterocycles. The van der Waals surface area contributed by atoms with Gasteiger partial charge in [-0.3, -0.25) is 0 Å². The molecule has 126 valence electrons. The lowest BCUT2D eigenvalue weighted by molar-refractivity contribution is 0.747. The molecule has 0 aliphatic rings. The number of fused-ring (bicyclic) bond motifs is 1. The van der Waals surface area contributed by atoms with E-state index in [0.29, 0.717) is 5.16 Å². The highest BCUT2D eigenvalue weighted by atomic mass is 32.2. The molecule has 0 aliphatic heterocycles. The summed E-state index contributed by atoms with van der Waals surface area (Å²) in [4.78, 5) is 11.1. The second-order valence-corrected chi connectivity index (χ2v) is 8.02. The molecule has 0 amide bonds. The number of rotatable bonds is 3. The summed E-state index contributed by atoms with van der Waals surface area (Å²) in [5, 5.41) is 15.0. The Kier molecular flexibility index (Phi) is 4.01. The monoisotopic (exact) mass is 368 g/mol. The fraction of sp³-hybridized carbons (Fsp3) is 0.235. The number of tetrazole rings is 1. The highest BCUT2D eigenvalue weighted by Crippen LogP contribution is 2.37. The smallest absolute Gasteiger partial charge is 0.220 e. The minimum atomic E-state index is 0.695. The molecular weight excluding hydrogens is 352 g/mol. The van der Waals surface area contributed by atoms with E-state index in [1.807, 2.05) is 6.07 Å². The zero-order valence-corrected chi connectivity index (χ0v) is 15.9. The van der Waals surface area contributed by atoms with E-state index in [2.05, 4.69) is 65.3 Å². The second-order valence-electron chi connectivity index (χ2n) is 5.86. The summed E-state index contributed by atoms with van der Waals surface area (Å²) < 4.78 is 1.79. The van der Waals surface area contributed by atoms with E-state index in [1.54, 1.807) is 22.3 Å². The van der Waals surface area contributed by atoms with E-state index in [4.69, 9.17) is 0 Å². The van der Waals surface area contributed by atoms with Gasteiger partial charge in [0.15, 0.2) is 0 Å². The van der Waals surface area contributed by atoms with Crippen LogP contribution in [0.25, 0.3) is 15.9 Å². The molecule has 4 aromatic rings. The molecule has 0 saturated carbocycles. The van der Waals surface area contributed by atoms with Crippen LogP contribution in [-0.4, -0.2) is 30.2 Å². The molecular formula is C17H16N6S2. The maximum Gasteiger partial charge on any atom is 0.220 e. The minimum Gasteiger partial charge on any atom is -0.229 e. The van der Waals surface area contributed by atoms with Gasteiger partial charge in [0.25, 0.3) is 0 Å². The van der Waals surface area contributed by atoms with Gasteiger partial charge in [-0.15, -0.1) is 16.4 Å². The molecule has 3 heterocycles. The molecule has 3 aromatic heterocycles. The van der Waals surface area contributed by atoms with Crippen molar-refractivity contribution in [2.24, 2.45) is 0 Å². The Labute approximate surface area is 153 Å². The molecule has 0 aliphatic carbocycles. The predicted octanol–water partition coefficient (Wildman–Crippen LogP) is 4.05. The van der Waals surface area contributed by atoms with Gasteiger partial charge in [-0.1, -0.05) is 18.2 Å². The molecule has 0 atom stereocenters. The summed E-state index contributed by atoms with van der Waals surface area (Å²) in [7, 11) is 0. The van der Waals surface area contributed by atoms with Gasteiger partial charge in [-0.25, -0.2) is 9.97 Å². The number of benzene rings is 1. The van der Waals surface area contributed by atoms with Gasteiger partial charge < -0.3 is 0 Å². The third-order valence-corrected chi connectivity index (χ3v) is 6.27. The van der Waals surface area contributed by atoms with Crippen molar-refractivity contribution in [1.82, 2.24) is 30.2 Å². The number of nitrogens with zero attached hydrogens (tertiary/aromatic N) is 6. The van der Waals surface area contributed by atoms with Gasteiger partial charge in [0.1, 0.15) is 16.2 Å². The summed E-state index contributed by atoms with van der Waals surface area (Å²) >= 11 is 3.16. The normalized spacial score (nSPS) is 11.4. The summed E-state index contributed by atoms with van der Waals surface area (Å²) in [5.74, 6) is 0. The minimum absolute atomic E-state index is 0.695. The fourth-order valence-corrected chi connectivity index (χ4v) is 4.81. The fourth-order valence-electron chi connectivity index (χ4n) is 2.84. The molecule has 25 heavy (non-hydrogen) atoms. The Balaban J connectivity index is 1.83. The lowest BCUT2D eigenvalue weighted by Gasteiger charge is -2.10.